The van der Waals surface area contributed by atoms with Crippen LogP contribution < -0.4 is 16.5 Å². The van der Waals surface area contributed by atoms with Crippen molar-refractivity contribution in [1.29, 1.82) is 0 Å². The third kappa shape index (κ3) is 3.38. The second-order valence-electron chi connectivity index (χ2n) is 7.41. The number of nitrogens with one attached hydrogen (secondary N) is 2. The molecule has 1 aromatic carbocycles. The summed E-state index contributed by atoms with van der Waals surface area (Å²) >= 11 is 6.00. The number of hydrogen-bond acceptors (Lipinski definition) is 4. The van der Waals surface area contributed by atoms with Crippen molar-refractivity contribution in [1.82, 2.24) is 19.7 Å². The van der Waals surface area contributed by atoms with Gasteiger partial charge in [0.25, 0.3) is 11.1 Å². The number of fused-ring (bicyclic) bond motifs is 2. The zero-order valence-corrected chi connectivity index (χ0v) is 16.7. The molecule has 0 fully saturated rings. The van der Waals surface area contributed by atoms with Crippen molar-refractivity contribution < 1.29 is 0 Å². The maximum atomic E-state index is 13.3. The minimum atomic E-state index is -0.561. The summed E-state index contributed by atoms with van der Waals surface area (Å²) in [6.45, 7) is 4.04. The molecule has 0 radical (unpaired) electrons. The van der Waals surface area contributed by atoms with E-state index in [0.717, 1.165) is 0 Å². The average molecular weight is 411 g/mol. The van der Waals surface area contributed by atoms with E-state index in [0.29, 0.717) is 28.0 Å². The molecule has 0 spiro atoms. The predicted octanol–water partition coefficient (Wildman–Crippen LogP) is 3.22. The van der Waals surface area contributed by atoms with Crippen LogP contribution in [0.3, 0.4) is 0 Å². The number of pyridine rings is 2. The van der Waals surface area contributed by atoms with E-state index in [1.54, 1.807) is 36.5 Å². The summed E-state index contributed by atoms with van der Waals surface area (Å²) in [7, 11) is 0. The van der Waals surface area contributed by atoms with Crippen LogP contribution >= 0.6 is 11.6 Å². The van der Waals surface area contributed by atoms with Crippen molar-refractivity contribution in [2.75, 3.05) is 0 Å². The Morgan fingerprint density at radius 3 is 2.62 bits per heavy atom. The molecule has 0 aliphatic heterocycles. The molecule has 0 saturated carbocycles. The van der Waals surface area contributed by atoms with Crippen LogP contribution in [0.2, 0.25) is 5.02 Å². The zero-order valence-electron chi connectivity index (χ0n) is 15.9. The Bertz CT molecular complexity index is 1390. The molecule has 0 bridgehead atoms. The molecule has 4 aromatic rings. The van der Waals surface area contributed by atoms with Crippen molar-refractivity contribution in [3.05, 3.63) is 84.2 Å². The van der Waals surface area contributed by atoms with E-state index < -0.39 is 22.6 Å². The van der Waals surface area contributed by atoms with Crippen LogP contribution in [-0.2, 0) is 0 Å². The normalized spacial score (nSPS) is 12.7. The highest BCUT2D eigenvalue weighted by Gasteiger charge is 2.22. The number of aromatic nitrogens is 4. The van der Waals surface area contributed by atoms with Crippen molar-refractivity contribution in [2.24, 2.45) is 5.92 Å². The summed E-state index contributed by atoms with van der Waals surface area (Å²) in [5.41, 5.74) is -0.629. The molecule has 3 aromatic heterocycles. The highest BCUT2D eigenvalue weighted by molar-refractivity contribution is 6.31. The van der Waals surface area contributed by atoms with Crippen molar-refractivity contribution in [3.63, 3.8) is 0 Å². The first kappa shape index (κ1) is 19.1. The molecule has 4 rings (SSSR count). The van der Waals surface area contributed by atoms with Gasteiger partial charge in [0.05, 0.1) is 17.3 Å². The summed E-state index contributed by atoms with van der Waals surface area (Å²) in [6.07, 6.45) is 2.20. The summed E-state index contributed by atoms with van der Waals surface area (Å²) in [5.74, 6) is 0.227. The quantitative estimate of drug-likeness (QED) is 0.504. The average Bonchev–Trinajstić information content (AvgIpc) is 2.69. The summed E-state index contributed by atoms with van der Waals surface area (Å²) < 4.78 is 1.23. The van der Waals surface area contributed by atoms with Crippen LogP contribution in [0, 0.1) is 5.92 Å². The standard InChI is InChI=1S/C21H19ClN4O3/c1-11(2)9-16(14-5-3-4-8-23-14)26-21(29)17-18(20(28)25-26)24-15-10-12(22)6-7-13(15)19(17)27/h3-8,10-11,16H,9H2,1-2H3,(H,24,27)(H,25,28). The molecule has 29 heavy (non-hydrogen) atoms. The Balaban J connectivity index is 2.07. The van der Waals surface area contributed by atoms with Gasteiger partial charge in [0.2, 0.25) is 5.43 Å². The van der Waals surface area contributed by atoms with Crippen LogP contribution in [0.1, 0.15) is 32.0 Å². The third-order valence-corrected chi connectivity index (χ3v) is 5.12. The highest BCUT2D eigenvalue weighted by Crippen LogP contribution is 2.22. The Hall–Kier alpha value is -3.19. The third-order valence-electron chi connectivity index (χ3n) is 4.88. The van der Waals surface area contributed by atoms with Gasteiger partial charge in [-0.15, -0.1) is 0 Å². The van der Waals surface area contributed by atoms with Crippen molar-refractivity contribution >= 4 is 33.4 Å². The smallest absolute Gasteiger partial charge is 0.287 e. The molecular weight excluding hydrogens is 392 g/mol. The summed E-state index contributed by atoms with van der Waals surface area (Å²) in [4.78, 5) is 46.5. The van der Waals surface area contributed by atoms with Crippen LogP contribution in [0.15, 0.2) is 57.0 Å². The van der Waals surface area contributed by atoms with Gasteiger partial charge < -0.3 is 4.98 Å². The fourth-order valence-corrected chi connectivity index (χ4v) is 3.74. The van der Waals surface area contributed by atoms with Crippen LogP contribution in [0.5, 0.6) is 0 Å². The van der Waals surface area contributed by atoms with Gasteiger partial charge in [-0.2, -0.15) is 0 Å². The number of benzene rings is 1. The maximum absolute atomic E-state index is 13.3. The monoisotopic (exact) mass is 410 g/mol. The molecule has 1 atom stereocenters. The predicted molar refractivity (Wildman–Crippen MR) is 114 cm³/mol. The van der Waals surface area contributed by atoms with Crippen LogP contribution in [0.25, 0.3) is 21.8 Å². The first-order valence-electron chi connectivity index (χ1n) is 9.28. The topological polar surface area (TPSA) is 101 Å². The Kier molecular flexibility index (Phi) is 4.84. The lowest BCUT2D eigenvalue weighted by Gasteiger charge is -2.21. The molecular formula is C21H19ClN4O3. The lowest BCUT2D eigenvalue weighted by molar-refractivity contribution is 0.399. The SMILES string of the molecule is CC(C)CC(c1ccccn1)n1[nH]c(=O)c2[nH]c3cc(Cl)ccc3c(=O)c2c1=O. The first-order valence-corrected chi connectivity index (χ1v) is 9.65. The molecule has 148 valence electrons. The van der Waals surface area contributed by atoms with Gasteiger partial charge in [-0.05, 0) is 42.7 Å². The fourth-order valence-electron chi connectivity index (χ4n) is 3.57. The minimum Gasteiger partial charge on any atom is -0.350 e. The molecule has 0 aliphatic carbocycles. The minimum absolute atomic E-state index is 0.0599. The van der Waals surface area contributed by atoms with Gasteiger partial charge in [0.15, 0.2) is 0 Å². The van der Waals surface area contributed by atoms with Gasteiger partial charge in [0, 0.05) is 16.6 Å². The maximum Gasteiger partial charge on any atom is 0.287 e. The number of hydrogen-bond donors (Lipinski definition) is 2. The van der Waals surface area contributed by atoms with Gasteiger partial charge in [-0.25, -0.2) is 4.68 Å². The molecule has 0 amide bonds. The fraction of sp³-hybridized carbons (Fsp3) is 0.238. The van der Waals surface area contributed by atoms with E-state index in [1.165, 1.54) is 4.68 Å². The highest BCUT2D eigenvalue weighted by atomic mass is 35.5. The van der Waals surface area contributed by atoms with E-state index in [1.807, 2.05) is 19.9 Å². The van der Waals surface area contributed by atoms with Crippen molar-refractivity contribution in [2.45, 2.75) is 26.3 Å². The van der Waals surface area contributed by atoms with Crippen LogP contribution in [0.4, 0.5) is 0 Å². The van der Waals surface area contributed by atoms with E-state index in [-0.39, 0.29) is 16.8 Å². The molecule has 2 N–H and O–H groups in total. The van der Waals surface area contributed by atoms with E-state index >= 15 is 0 Å². The zero-order chi connectivity index (χ0) is 20.7. The molecule has 8 heteroatoms. The summed E-state index contributed by atoms with van der Waals surface area (Å²) in [5, 5.41) is 3.18. The van der Waals surface area contributed by atoms with E-state index in [9.17, 15) is 14.4 Å². The molecule has 0 saturated heterocycles. The Morgan fingerprint density at radius 2 is 1.93 bits per heavy atom. The summed E-state index contributed by atoms with van der Waals surface area (Å²) in [6, 6.07) is 9.58. The lowest BCUT2D eigenvalue weighted by Crippen LogP contribution is -2.37. The molecule has 0 aliphatic rings. The number of H-pyrrole nitrogens is 2. The number of halogens is 1. The Labute approximate surface area is 170 Å². The second kappa shape index (κ2) is 7.33. The lowest BCUT2D eigenvalue weighted by atomic mass is 10.0. The Morgan fingerprint density at radius 1 is 1.14 bits per heavy atom. The first-order chi connectivity index (χ1) is 13.9. The van der Waals surface area contributed by atoms with Gasteiger partial charge in [0.1, 0.15) is 10.9 Å². The number of nitrogens with zero attached hydrogens (tertiary/aromatic N) is 2. The second-order valence-corrected chi connectivity index (χ2v) is 7.85. The van der Waals surface area contributed by atoms with Crippen molar-refractivity contribution in [3.8, 4) is 0 Å². The van der Waals surface area contributed by atoms with Gasteiger partial charge >= 0.3 is 0 Å². The molecule has 3 heterocycles. The molecule has 7 nitrogen and oxygen atoms in total. The molecule has 1 unspecified atom stereocenters. The van der Waals surface area contributed by atoms with Gasteiger partial charge in [-0.3, -0.25) is 24.5 Å². The largest absolute Gasteiger partial charge is 0.350 e. The number of rotatable bonds is 4. The van der Waals surface area contributed by atoms with Gasteiger partial charge in [-0.1, -0.05) is 31.5 Å². The van der Waals surface area contributed by atoms with E-state index in [4.69, 9.17) is 11.6 Å². The van der Waals surface area contributed by atoms with E-state index in [2.05, 4.69) is 15.1 Å². The van der Waals surface area contributed by atoms with Crippen LogP contribution in [-0.4, -0.2) is 19.7 Å². The number of aromatic amines is 2.